The van der Waals surface area contributed by atoms with E-state index in [0.717, 1.165) is 0 Å². The number of hydrogen-bond acceptors (Lipinski definition) is 4. The molecule has 2 rings (SSSR count). The minimum Gasteiger partial charge on any atom is -0.497 e. The van der Waals surface area contributed by atoms with Crippen LogP contribution in [0.5, 0.6) is 5.75 Å². The predicted molar refractivity (Wildman–Crippen MR) is 98.5 cm³/mol. The van der Waals surface area contributed by atoms with E-state index in [1.165, 1.54) is 19.2 Å². The van der Waals surface area contributed by atoms with Crippen LogP contribution in [0.1, 0.15) is 24.2 Å². The predicted octanol–water partition coefficient (Wildman–Crippen LogP) is 4.08. The van der Waals surface area contributed by atoms with Gasteiger partial charge in [-0.1, -0.05) is 41.1 Å². The first-order valence-electron chi connectivity index (χ1n) is 7.61. The Morgan fingerprint density at radius 3 is 2.40 bits per heavy atom. The Balaban J connectivity index is 2.64. The maximum absolute atomic E-state index is 13.3. The van der Waals surface area contributed by atoms with Gasteiger partial charge in [-0.2, -0.15) is 0 Å². The van der Waals surface area contributed by atoms with Gasteiger partial charge >= 0.3 is 5.97 Å². The number of halogens is 1. The standard InChI is InChI=1S/C18H19BrO5S/c1-12(10-17(20)21)18(15-11-13(24-2)8-9-16(15)19)25(22,23)14-6-4-3-5-7-14/h3-9,11-12,18H,10H2,1-2H3,(H,20,21)/t12-,18+/m0/s1. The summed E-state index contributed by atoms with van der Waals surface area (Å²) in [4.78, 5) is 11.3. The van der Waals surface area contributed by atoms with Crippen LogP contribution in [0.4, 0.5) is 0 Å². The van der Waals surface area contributed by atoms with E-state index < -0.39 is 27.0 Å². The molecule has 5 nitrogen and oxygen atoms in total. The van der Waals surface area contributed by atoms with Crippen LogP contribution in [0.25, 0.3) is 0 Å². The van der Waals surface area contributed by atoms with Crippen LogP contribution in [-0.4, -0.2) is 26.6 Å². The highest BCUT2D eigenvalue weighted by molar-refractivity contribution is 9.10. The zero-order chi connectivity index (χ0) is 18.6. The molecule has 0 aliphatic carbocycles. The number of carboxylic acid groups (broad SMARTS) is 1. The molecule has 0 fully saturated rings. The van der Waals surface area contributed by atoms with Crippen molar-refractivity contribution in [2.75, 3.05) is 7.11 Å². The van der Waals surface area contributed by atoms with E-state index in [9.17, 15) is 13.2 Å². The Labute approximate surface area is 155 Å². The molecule has 0 aliphatic rings. The topological polar surface area (TPSA) is 80.7 Å². The van der Waals surface area contributed by atoms with E-state index in [0.29, 0.717) is 15.8 Å². The van der Waals surface area contributed by atoms with E-state index in [1.54, 1.807) is 43.3 Å². The third kappa shape index (κ3) is 4.41. The second-order valence-electron chi connectivity index (χ2n) is 5.74. The molecule has 0 unspecified atom stereocenters. The smallest absolute Gasteiger partial charge is 0.303 e. The van der Waals surface area contributed by atoms with Gasteiger partial charge in [0, 0.05) is 10.9 Å². The number of carbonyl (C=O) groups is 1. The quantitative estimate of drug-likeness (QED) is 0.720. The molecule has 0 saturated carbocycles. The molecule has 0 aliphatic heterocycles. The summed E-state index contributed by atoms with van der Waals surface area (Å²) in [7, 11) is -2.30. The van der Waals surface area contributed by atoms with Crippen LogP contribution in [0.15, 0.2) is 57.9 Å². The van der Waals surface area contributed by atoms with Crippen molar-refractivity contribution in [3.63, 3.8) is 0 Å². The molecular weight excluding hydrogens is 408 g/mol. The molecule has 2 atom stereocenters. The number of aliphatic carboxylic acids is 1. The van der Waals surface area contributed by atoms with Gasteiger partial charge in [0.05, 0.1) is 17.3 Å². The lowest BCUT2D eigenvalue weighted by molar-refractivity contribution is -0.137. The van der Waals surface area contributed by atoms with Crippen molar-refractivity contribution >= 4 is 31.7 Å². The number of benzene rings is 2. The lowest BCUT2D eigenvalue weighted by Crippen LogP contribution is -2.23. The molecule has 0 bridgehead atoms. The minimum atomic E-state index is -3.80. The Morgan fingerprint density at radius 1 is 1.20 bits per heavy atom. The number of carboxylic acids is 1. The molecular formula is C18H19BrO5S. The molecule has 7 heteroatoms. The normalized spacial score (nSPS) is 13.9. The molecule has 0 amide bonds. The zero-order valence-electron chi connectivity index (χ0n) is 13.8. The number of rotatable bonds is 7. The summed E-state index contributed by atoms with van der Waals surface area (Å²) in [5.74, 6) is -1.17. The van der Waals surface area contributed by atoms with Crippen LogP contribution < -0.4 is 4.74 Å². The van der Waals surface area contributed by atoms with E-state index in [1.807, 2.05) is 0 Å². The van der Waals surface area contributed by atoms with Gasteiger partial charge in [-0.3, -0.25) is 4.79 Å². The van der Waals surface area contributed by atoms with Crippen molar-refractivity contribution in [3.05, 3.63) is 58.6 Å². The number of hydrogen-bond donors (Lipinski definition) is 1. The highest BCUT2D eigenvalue weighted by Gasteiger charge is 2.36. The fourth-order valence-corrected chi connectivity index (χ4v) is 5.50. The molecule has 2 aromatic carbocycles. The Morgan fingerprint density at radius 2 is 1.84 bits per heavy atom. The molecule has 1 N–H and O–H groups in total. The van der Waals surface area contributed by atoms with Crippen molar-refractivity contribution in [2.24, 2.45) is 5.92 Å². The van der Waals surface area contributed by atoms with Crippen LogP contribution in [-0.2, 0) is 14.6 Å². The van der Waals surface area contributed by atoms with E-state index in [4.69, 9.17) is 9.84 Å². The Bertz CT molecular complexity index is 849. The van der Waals surface area contributed by atoms with Gasteiger partial charge in [-0.05, 0) is 41.8 Å². The van der Waals surface area contributed by atoms with Crippen molar-refractivity contribution in [1.29, 1.82) is 0 Å². The molecule has 2 aromatic rings. The third-order valence-corrected chi connectivity index (χ3v) is 6.97. The second kappa shape index (κ2) is 8.01. The number of ether oxygens (including phenoxy) is 1. The molecule has 0 spiro atoms. The van der Waals surface area contributed by atoms with Crippen molar-refractivity contribution in [3.8, 4) is 5.75 Å². The van der Waals surface area contributed by atoms with Crippen LogP contribution in [0, 0.1) is 5.92 Å². The molecule has 0 radical (unpaired) electrons. The second-order valence-corrected chi connectivity index (χ2v) is 8.66. The largest absolute Gasteiger partial charge is 0.497 e. The molecule has 0 aromatic heterocycles. The summed E-state index contributed by atoms with van der Waals surface area (Å²) in [5.41, 5.74) is 0.483. The summed E-state index contributed by atoms with van der Waals surface area (Å²) >= 11 is 3.39. The number of sulfone groups is 1. The fourth-order valence-electron chi connectivity index (χ4n) is 2.79. The average Bonchev–Trinajstić information content (AvgIpc) is 2.56. The fraction of sp³-hybridized carbons (Fsp3) is 0.278. The number of methoxy groups -OCH3 is 1. The lowest BCUT2D eigenvalue weighted by Gasteiger charge is -2.25. The van der Waals surface area contributed by atoms with Crippen LogP contribution in [0.3, 0.4) is 0 Å². The summed E-state index contributed by atoms with van der Waals surface area (Å²) in [6.07, 6.45) is -0.264. The highest BCUT2D eigenvalue weighted by Crippen LogP contribution is 2.41. The van der Waals surface area contributed by atoms with Gasteiger partial charge in [-0.25, -0.2) is 8.42 Å². The highest BCUT2D eigenvalue weighted by atomic mass is 79.9. The maximum atomic E-state index is 13.3. The molecule has 25 heavy (non-hydrogen) atoms. The summed E-state index contributed by atoms with van der Waals surface area (Å²) in [6, 6.07) is 13.1. The van der Waals surface area contributed by atoms with Gasteiger partial charge < -0.3 is 9.84 Å². The van der Waals surface area contributed by atoms with E-state index in [-0.39, 0.29) is 11.3 Å². The van der Waals surface area contributed by atoms with Gasteiger partial charge in [-0.15, -0.1) is 0 Å². The molecule has 0 heterocycles. The van der Waals surface area contributed by atoms with Crippen molar-refractivity contribution < 1.29 is 23.1 Å². The van der Waals surface area contributed by atoms with E-state index in [2.05, 4.69) is 15.9 Å². The Hall–Kier alpha value is -1.86. The minimum absolute atomic E-state index is 0.159. The van der Waals surface area contributed by atoms with Crippen LogP contribution in [0.2, 0.25) is 0 Å². The first kappa shape index (κ1) is 19.5. The van der Waals surface area contributed by atoms with Crippen LogP contribution >= 0.6 is 15.9 Å². The van der Waals surface area contributed by atoms with Crippen molar-refractivity contribution in [2.45, 2.75) is 23.5 Å². The Kier molecular flexibility index (Phi) is 6.24. The first-order chi connectivity index (χ1) is 11.8. The maximum Gasteiger partial charge on any atom is 0.303 e. The monoisotopic (exact) mass is 426 g/mol. The van der Waals surface area contributed by atoms with Gasteiger partial charge in [0.2, 0.25) is 0 Å². The SMILES string of the molecule is COc1ccc(Br)c([C@@H]([C@@H](C)CC(=O)O)S(=O)(=O)c2ccccc2)c1. The lowest BCUT2D eigenvalue weighted by atomic mass is 9.97. The van der Waals surface area contributed by atoms with Gasteiger partial charge in [0.1, 0.15) is 5.75 Å². The average molecular weight is 427 g/mol. The summed E-state index contributed by atoms with van der Waals surface area (Å²) < 4.78 is 32.3. The first-order valence-corrected chi connectivity index (χ1v) is 9.95. The zero-order valence-corrected chi connectivity index (χ0v) is 16.2. The summed E-state index contributed by atoms with van der Waals surface area (Å²) in [6.45, 7) is 1.63. The third-order valence-electron chi connectivity index (χ3n) is 3.93. The van der Waals surface area contributed by atoms with Crippen molar-refractivity contribution in [1.82, 2.24) is 0 Å². The van der Waals surface area contributed by atoms with Gasteiger partial charge in [0.15, 0.2) is 9.84 Å². The van der Waals surface area contributed by atoms with Gasteiger partial charge in [0.25, 0.3) is 0 Å². The molecule has 134 valence electrons. The molecule has 0 saturated heterocycles. The van der Waals surface area contributed by atoms with E-state index >= 15 is 0 Å². The summed E-state index contributed by atoms with van der Waals surface area (Å²) in [5, 5.41) is 8.14.